The van der Waals surface area contributed by atoms with Gasteiger partial charge >= 0.3 is 0 Å². The van der Waals surface area contributed by atoms with Crippen molar-refractivity contribution in [2.45, 2.75) is 0 Å². The molecule has 5 heavy (non-hydrogen) atoms. The van der Waals surface area contributed by atoms with Crippen LogP contribution in [0.2, 0.25) is 0 Å². The quantitative estimate of drug-likeness (QED) is 0.433. The molecule has 0 amide bonds. The molecule has 0 fully saturated rings. The molecule has 0 radical (unpaired) electrons. The first kappa shape index (κ1) is 18.1. The SMILES string of the molecule is CO[SiH3].Cl.N. The monoisotopic (exact) mass is 115 g/mol. The molecule has 0 aromatic rings. The maximum atomic E-state index is 4.39. The van der Waals surface area contributed by atoms with E-state index in [-0.39, 0.29) is 18.6 Å². The Kier molecular flexibility index (Phi) is 92.2. The predicted molar refractivity (Wildman–Crippen MR) is 29.2 cm³/mol. The Balaban J connectivity index is -0.0000000200. The molecule has 0 spiro atoms. The molecule has 4 heteroatoms. The number of halogens is 1. The van der Waals surface area contributed by atoms with Gasteiger partial charge in [-0.3, -0.25) is 0 Å². The maximum absolute atomic E-state index is 4.39. The molecular formula is CH10ClNOSi. The second-order valence-corrected chi connectivity index (χ2v) is 1.22. The van der Waals surface area contributed by atoms with E-state index in [1.54, 1.807) is 7.11 Å². The van der Waals surface area contributed by atoms with Gasteiger partial charge < -0.3 is 10.6 Å². The van der Waals surface area contributed by atoms with Crippen LogP contribution in [0.15, 0.2) is 0 Å². The third kappa shape index (κ3) is 143. The molecule has 0 aromatic carbocycles. The lowest BCUT2D eigenvalue weighted by atomic mass is 11.8. The van der Waals surface area contributed by atoms with Crippen LogP contribution >= 0.6 is 12.4 Å². The van der Waals surface area contributed by atoms with E-state index in [4.69, 9.17) is 0 Å². The van der Waals surface area contributed by atoms with Crippen LogP contribution in [0.4, 0.5) is 0 Å². The van der Waals surface area contributed by atoms with Crippen LogP contribution in [-0.2, 0) is 4.43 Å². The highest BCUT2D eigenvalue weighted by molar-refractivity contribution is 5.97. The fourth-order valence-corrected chi connectivity index (χ4v) is 0. The second kappa shape index (κ2) is 25.5. The highest BCUT2D eigenvalue weighted by Gasteiger charge is 1.27. The number of rotatable bonds is 0. The zero-order valence-corrected chi connectivity index (χ0v) is 6.34. The van der Waals surface area contributed by atoms with Gasteiger partial charge in [-0.1, -0.05) is 0 Å². The highest BCUT2D eigenvalue weighted by Crippen LogP contribution is 1.24. The lowest BCUT2D eigenvalue weighted by Gasteiger charge is -1.61. The molecule has 0 heterocycles. The molecule has 2 nitrogen and oxygen atoms in total. The van der Waals surface area contributed by atoms with Gasteiger partial charge in [0.05, 0.1) is 0 Å². The van der Waals surface area contributed by atoms with Gasteiger partial charge in [-0.25, -0.2) is 0 Å². The summed E-state index contributed by atoms with van der Waals surface area (Å²) in [5, 5.41) is 0. The maximum Gasteiger partial charge on any atom is 0.145 e. The molecule has 0 unspecified atom stereocenters. The minimum Gasteiger partial charge on any atom is -0.431 e. The van der Waals surface area contributed by atoms with Crippen molar-refractivity contribution in [3.05, 3.63) is 0 Å². The van der Waals surface area contributed by atoms with Gasteiger partial charge in [0.25, 0.3) is 0 Å². The van der Waals surface area contributed by atoms with Gasteiger partial charge in [-0.05, 0) is 0 Å². The zero-order chi connectivity index (χ0) is 2.71. The third-order valence-corrected chi connectivity index (χ3v) is 0. The molecule has 0 aliphatic carbocycles. The van der Waals surface area contributed by atoms with Crippen LogP contribution in [0.25, 0.3) is 0 Å². The first-order valence-electron chi connectivity index (χ1n) is 0.816. The topological polar surface area (TPSA) is 44.2 Å². The van der Waals surface area contributed by atoms with Crippen LogP contribution in [-0.4, -0.2) is 17.6 Å². The Bertz CT molecular complexity index is 11.6. The van der Waals surface area contributed by atoms with E-state index in [9.17, 15) is 0 Å². The van der Waals surface area contributed by atoms with E-state index in [1.807, 2.05) is 0 Å². The fourth-order valence-electron chi connectivity index (χ4n) is 0. The molecule has 0 saturated heterocycles. The van der Waals surface area contributed by atoms with Crippen molar-refractivity contribution in [1.29, 1.82) is 0 Å². The summed E-state index contributed by atoms with van der Waals surface area (Å²) in [6, 6.07) is 0. The average molecular weight is 116 g/mol. The Labute approximate surface area is 41.4 Å². The Morgan fingerprint density at radius 1 is 1.60 bits per heavy atom. The Morgan fingerprint density at radius 2 is 1.60 bits per heavy atom. The normalized spacial score (nSPS) is 4.20. The Hall–Kier alpha value is 0.427. The summed E-state index contributed by atoms with van der Waals surface area (Å²) in [5.41, 5.74) is 0. The lowest BCUT2D eigenvalue weighted by Crippen LogP contribution is -1.60. The van der Waals surface area contributed by atoms with E-state index >= 15 is 0 Å². The minimum atomic E-state index is 0. The van der Waals surface area contributed by atoms with Crippen LogP contribution in [0.5, 0.6) is 0 Å². The van der Waals surface area contributed by atoms with E-state index in [1.165, 1.54) is 0 Å². The van der Waals surface area contributed by atoms with Crippen molar-refractivity contribution < 1.29 is 4.43 Å². The van der Waals surface area contributed by atoms with E-state index in [2.05, 4.69) is 4.43 Å². The second-order valence-electron chi connectivity index (χ2n) is 0.408. The van der Waals surface area contributed by atoms with Crippen LogP contribution in [0.3, 0.4) is 0 Å². The number of hydrogen-bond acceptors (Lipinski definition) is 2. The molecule has 0 atom stereocenters. The summed E-state index contributed by atoms with van der Waals surface area (Å²) >= 11 is 0. The van der Waals surface area contributed by atoms with Gasteiger partial charge in [0, 0.05) is 7.11 Å². The van der Waals surface area contributed by atoms with E-state index in [0.29, 0.717) is 0 Å². The largest absolute Gasteiger partial charge is 0.431 e. The van der Waals surface area contributed by atoms with Crippen LogP contribution in [0.1, 0.15) is 0 Å². The van der Waals surface area contributed by atoms with Crippen molar-refractivity contribution in [2.24, 2.45) is 0 Å². The molecule has 0 rings (SSSR count). The van der Waals surface area contributed by atoms with Gasteiger partial charge in [0.2, 0.25) is 0 Å². The van der Waals surface area contributed by atoms with Crippen molar-refractivity contribution in [3.63, 3.8) is 0 Å². The molecule has 0 aromatic heterocycles. The molecule has 36 valence electrons. The smallest absolute Gasteiger partial charge is 0.145 e. The summed E-state index contributed by atoms with van der Waals surface area (Å²) < 4.78 is 4.39. The molecule has 0 aliphatic heterocycles. The highest BCUT2D eigenvalue weighted by atomic mass is 35.5. The summed E-state index contributed by atoms with van der Waals surface area (Å²) in [4.78, 5) is 0. The molecular weight excluding hydrogens is 106 g/mol. The van der Waals surface area contributed by atoms with E-state index < -0.39 is 0 Å². The van der Waals surface area contributed by atoms with Crippen molar-refractivity contribution in [1.82, 2.24) is 6.15 Å². The van der Waals surface area contributed by atoms with Gasteiger partial charge in [-0.2, -0.15) is 0 Å². The first-order valence-corrected chi connectivity index (χ1v) is 1.63. The summed E-state index contributed by atoms with van der Waals surface area (Å²) in [7, 11) is 2.56. The summed E-state index contributed by atoms with van der Waals surface area (Å²) in [6.45, 7) is 0. The van der Waals surface area contributed by atoms with Gasteiger partial charge in [0.1, 0.15) is 10.5 Å². The van der Waals surface area contributed by atoms with Crippen LogP contribution < -0.4 is 6.15 Å². The molecule has 0 saturated carbocycles. The van der Waals surface area contributed by atoms with Crippen molar-refractivity contribution >= 4 is 22.9 Å². The molecule has 3 N–H and O–H groups in total. The lowest BCUT2D eigenvalue weighted by molar-refractivity contribution is 0.460. The molecule has 0 bridgehead atoms. The summed E-state index contributed by atoms with van der Waals surface area (Å²) in [6.07, 6.45) is 0. The van der Waals surface area contributed by atoms with Crippen molar-refractivity contribution in [3.8, 4) is 0 Å². The van der Waals surface area contributed by atoms with Crippen LogP contribution in [0, 0.1) is 0 Å². The van der Waals surface area contributed by atoms with E-state index in [0.717, 1.165) is 10.5 Å². The summed E-state index contributed by atoms with van der Waals surface area (Å²) in [5.74, 6) is 0. The molecule has 0 aliphatic rings. The van der Waals surface area contributed by atoms with Crippen molar-refractivity contribution in [2.75, 3.05) is 7.11 Å². The third-order valence-electron chi connectivity index (χ3n) is 0. The number of hydrogen-bond donors (Lipinski definition) is 1. The van der Waals surface area contributed by atoms with Gasteiger partial charge in [0.15, 0.2) is 0 Å². The Morgan fingerprint density at radius 3 is 1.60 bits per heavy atom. The average Bonchev–Trinajstić information content (AvgIpc) is 0.918. The standard InChI is InChI=1S/CH6OSi.ClH.H3N/c1-2-3;;/h1,3H3;1H;1H3. The fraction of sp³-hybridized carbons (Fsp3) is 1.00. The first-order chi connectivity index (χ1) is 1.41. The minimum absolute atomic E-state index is 0. The van der Waals surface area contributed by atoms with Gasteiger partial charge in [-0.15, -0.1) is 12.4 Å². The predicted octanol–water partition coefficient (Wildman–Crippen LogP) is -0.503. The zero-order valence-electron chi connectivity index (χ0n) is 3.52.